The first kappa shape index (κ1) is 23.2. The number of ether oxygens (including phenoxy) is 1. The van der Waals surface area contributed by atoms with Gasteiger partial charge in [-0.3, -0.25) is 4.79 Å². The highest BCUT2D eigenvalue weighted by Gasteiger charge is 2.18. The van der Waals surface area contributed by atoms with Crippen LogP contribution in [0, 0.1) is 0 Å². The standard InChI is InChI=1S/C24H23N5O4S/c1-33-20-12-10-19(11-13-20)29-22(14-18(15-25)28-29)24(30)27-17-8-6-16(7-9-17)21-4-2-3-5-23(21)34(26,31)32/h2-14H,15,25H2,1H3,(H,27,30)(H2,26,31,32). The van der Waals surface area contributed by atoms with Crippen molar-refractivity contribution in [1.82, 2.24) is 9.78 Å². The molecule has 1 heterocycles. The Hall–Kier alpha value is -3.99. The van der Waals surface area contributed by atoms with E-state index in [0.29, 0.717) is 39.6 Å². The van der Waals surface area contributed by atoms with Gasteiger partial charge in [0.05, 0.1) is 23.4 Å². The van der Waals surface area contributed by atoms with Gasteiger partial charge in [0, 0.05) is 17.8 Å². The highest BCUT2D eigenvalue weighted by atomic mass is 32.2. The summed E-state index contributed by atoms with van der Waals surface area (Å²) in [7, 11) is -2.30. The summed E-state index contributed by atoms with van der Waals surface area (Å²) < 4.78 is 30.5. The SMILES string of the molecule is COc1ccc(-n2nc(CN)cc2C(=O)Nc2ccc(-c3ccccc3S(N)(=O)=O)cc2)cc1. The lowest BCUT2D eigenvalue weighted by Gasteiger charge is -2.11. The zero-order valence-electron chi connectivity index (χ0n) is 18.3. The molecule has 10 heteroatoms. The Bertz CT molecular complexity index is 1430. The summed E-state index contributed by atoms with van der Waals surface area (Å²) in [4.78, 5) is 13.1. The number of rotatable bonds is 7. The summed E-state index contributed by atoms with van der Waals surface area (Å²) in [5.74, 6) is 0.311. The second kappa shape index (κ2) is 9.48. The summed E-state index contributed by atoms with van der Waals surface area (Å²) in [6.45, 7) is 0.182. The maximum absolute atomic E-state index is 13.1. The molecular formula is C24H23N5O4S. The van der Waals surface area contributed by atoms with Crippen LogP contribution in [0.1, 0.15) is 16.2 Å². The minimum Gasteiger partial charge on any atom is -0.497 e. The molecule has 174 valence electrons. The number of aromatic nitrogens is 2. The van der Waals surface area contributed by atoms with Crippen molar-refractivity contribution in [1.29, 1.82) is 0 Å². The van der Waals surface area contributed by atoms with E-state index in [1.807, 2.05) is 0 Å². The molecule has 0 saturated carbocycles. The first-order valence-electron chi connectivity index (χ1n) is 10.3. The van der Waals surface area contributed by atoms with Crippen LogP contribution in [0.2, 0.25) is 0 Å². The Kier molecular flexibility index (Phi) is 6.46. The monoisotopic (exact) mass is 477 g/mol. The van der Waals surface area contributed by atoms with E-state index in [0.717, 1.165) is 0 Å². The molecule has 0 saturated heterocycles. The number of primary sulfonamides is 1. The van der Waals surface area contributed by atoms with E-state index >= 15 is 0 Å². The van der Waals surface area contributed by atoms with Gasteiger partial charge in [0.2, 0.25) is 10.0 Å². The van der Waals surface area contributed by atoms with E-state index in [9.17, 15) is 13.2 Å². The molecular weight excluding hydrogens is 454 g/mol. The predicted molar refractivity (Wildman–Crippen MR) is 129 cm³/mol. The molecule has 1 aromatic heterocycles. The van der Waals surface area contributed by atoms with Gasteiger partial charge in [0.15, 0.2) is 0 Å². The molecule has 4 aromatic rings. The summed E-state index contributed by atoms with van der Waals surface area (Å²) in [5.41, 5.74) is 8.96. The number of amides is 1. The van der Waals surface area contributed by atoms with Crippen molar-refractivity contribution >= 4 is 21.6 Å². The largest absolute Gasteiger partial charge is 0.497 e. The molecule has 0 spiro atoms. The van der Waals surface area contributed by atoms with E-state index in [1.54, 1.807) is 79.9 Å². The third kappa shape index (κ3) is 4.84. The van der Waals surface area contributed by atoms with Gasteiger partial charge < -0.3 is 15.8 Å². The third-order valence-corrected chi connectivity index (χ3v) is 6.14. The molecule has 1 amide bonds. The van der Waals surface area contributed by atoms with Crippen LogP contribution in [-0.2, 0) is 16.6 Å². The molecule has 0 radical (unpaired) electrons. The van der Waals surface area contributed by atoms with Crippen LogP contribution in [0.4, 0.5) is 5.69 Å². The average Bonchev–Trinajstić information content (AvgIpc) is 3.29. The Labute approximate surface area is 197 Å². The van der Waals surface area contributed by atoms with E-state index in [4.69, 9.17) is 15.6 Å². The van der Waals surface area contributed by atoms with Crippen LogP contribution >= 0.6 is 0 Å². The van der Waals surface area contributed by atoms with Gasteiger partial charge in [0.25, 0.3) is 5.91 Å². The van der Waals surface area contributed by atoms with Gasteiger partial charge in [-0.25, -0.2) is 18.2 Å². The maximum Gasteiger partial charge on any atom is 0.274 e. The second-order valence-electron chi connectivity index (χ2n) is 7.41. The minimum atomic E-state index is -3.88. The minimum absolute atomic E-state index is 0.0319. The molecule has 0 unspecified atom stereocenters. The van der Waals surface area contributed by atoms with Crippen molar-refractivity contribution in [2.45, 2.75) is 11.4 Å². The lowest BCUT2D eigenvalue weighted by atomic mass is 10.1. The topological polar surface area (TPSA) is 142 Å². The van der Waals surface area contributed by atoms with Gasteiger partial charge in [-0.05, 0) is 54.1 Å². The maximum atomic E-state index is 13.1. The summed E-state index contributed by atoms with van der Waals surface area (Å²) in [6.07, 6.45) is 0. The van der Waals surface area contributed by atoms with E-state index in [1.165, 1.54) is 10.7 Å². The molecule has 4 rings (SSSR count). The third-order valence-electron chi connectivity index (χ3n) is 5.17. The first-order valence-corrected chi connectivity index (χ1v) is 11.8. The van der Waals surface area contributed by atoms with Gasteiger partial charge in [-0.1, -0.05) is 30.3 Å². The second-order valence-corrected chi connectivity index (χ2v) is 8.94. The lowest BCUT2D eigenvalue weighted by molar-refractivity contribution is 0.101. The molecule has 0 atom stereocenters. The molecule has 0 fully saturated rings. The predicted octanol–water partition coefficient (Wildman–Crippen LogP) is 2.91. The zero-order valence-corrected chi connectivity index (χ0v) is 19.1. The number of hydrogen-bond acceptors (Lipinski definition) is 6. The molecule has 0 aliphatic heterocycles. The summed E-state index contributed by atoms with van der Waals surface area (Å²) >= 11 is 0. The number of carbonyl (C=O) groups is 1. The van der Waals surface area contributed by atoms with Crippen LogP contribution in [0.3, 0.4) is 0 Å². The number of methoxy groups -OCH3 is 1. The number of sulfonamides is 1. The smallest absolute Gasteiger partial charge is 0.274 e. The van der Waals surface area contributed by atoms with Crippen molar-refractivity contribution in [3.63, 3.8) is 0 Å². The lowest BCUT2D eigenvalue weighted by Crippen LogP contribution is -2.17. The quantitative estimate of drug-likeness (QED) is 0.374. The van der Waals surface area contributed by atoms with Crippen LogP contribution in [-0.4, -0.2) is 31.2 Å². The summed E-state index contributed by atoms with van der Waals surface area (Å²) in [5, 5.41) is 12.6. The molecule has 3 aromatic carbocycles. The van der Waals surface area contributed by atoms with Crippen LogP contribution in [0.25, 0.3) is 16.8 Å². The van der Waals surface area contributed by atoms with Crippen molar-refractivity contribution < 1.29 is 17.9 Å². The number of benzene rings is 3. The molecule has 0 bridgehead atoms. The fourth-order valence-electron chi connectivity index (χ4n) is 3.49. The Morgan fingerprint density at radius 1 is 1.03 bits per heavy atom. The van der Waals surface area contributed by atoms with Gasteiger partial charge >= 0.3 is 0 Å². The van der Waals surface area contributed by atoms with Crippen LogP contribution in [0.5, 0.6) is 5.75 Å². The normalized spacial score (nSPS) is 11.3. The Balaban J connectivity index is 1.60. The number of nitrogens with one attached hydrogen (secondary N) is 1. The molecule has 34 heavy (non-hydrogen) atoms. The van der Waals surface area contributed by atoms with Crippen molar-refractivity contribution in [2.75, 3.05) is 12.4 Å². The average molecular weight is 478 g/mol. The molecule has 0 aliphatic rings. The van der Waals surface area contributed by atoms with Gasteiger partial charge in [-0.15, -0.1) is 0 Å². The highest BCUT2D eigenvalue weighted by Crippen LogP contribution is 2.28. The van der Waals surface area contributed by atoms with Crippen molar-refractivity contribution in [3.05, 3.63) is 90.3 Å². The molecule has 9 nitrogen and oxygen atoms in total. The van der Waals surface area contributed by atoms with Crippen LogP contribution < -0.4 is 20.9 Å². The zero-order chi connectivity index (χ0) is 24.3. The number of hydrogen-bond donors (Lipinski definition) is 3. The van der Waals surface area contributed by atoms with E-state index in [2.05, 4.69) is 10.4 Å². The van der Waals surface area contributed by atoms with E-state index < -0.39 is 10.0 Å². The number of carbonyl (C=O) groups excluding carboxylic acids is 1. The van der Waals surface area contributed by atoms with Gasteiger partial charge in [-0.2, -0.15) is 5.10 Å². The fraction of sp³-hybridized carbons (Fsp3) is 0.0833. The highest BCUT2D eigenvalue weighted by molar-refractivity contribution is 7.89. The number of anilines is 1. The molecule has 0 aliphatic carbocycles. The van der Waals surface area contributed by atoms with E-state index in [-0.39, 0.29) is 17.3 Å². The molecule has 5 N–H and O–H groups in total. The van der Waals surface area contributed by atoms with Gasteiger partial charge in [0.1, 0.15) is 11.4 Å². The number of nitrogens with two attached hydrogens (primary N) is 2. The van der Waals surface area contributed by atoms with Crippen molar-refractivity contribution in [3.8, 4) is 22.6 Å². The Morgan fingerprint density at radius 2 is 1.71 bits per heavy atom. The fourth-order valence-corrected chi connectivity index (χ4v) is 4.25. The van der Waals surface area contributed by atoms with Crippen LogP contribution in [0.15, 0.2) is 83.8 Å². The first-order chi connectivity index (χ1) is 16.3. The number of nitrogens with zero attached hydrogens (tertiary/aromatic N) is 2. The summed E-state index contributed by atoms with van der Waals surface area (Å²) in [6, 6.07) is 22.0. The van der Waals surface area contributed by atoms with Crippen molar-refractivity contribution in [2.24, 2.45) is 10.9 Å². The Morgan fingerprint density at radius 3 is 2.32 bits per heavy atom.